The van der Waals surface area contributed by atoms with E-state index >= 15 is 0 Å². The van der Waals surface area contributed by atoms with Gasteiger partial charge in [-0.3, -0.25) is 0 Å². The third kappa shape index (κ3) is 3.73. The molecular formula is C16H18Cl3N3. The van der Waals surface area contributed by atoms with E-state index in [9.17, 15) is 0 Å². The molecule has 1 heterocycles. The van der Waals surface area contributed by atoms with Crippen molar-refractivity contribution in [2.75, 3.05) is 6.54 Å². The van der Waals surface area contributed by atoms with E-state index in [1.54, 1.807) is 0 Å². The summed E-state index contributed by atoms with van der Waals surface area (Å²) in [7, 11) is 0. The lowest BCUT2D eigenvalue weighted by molar-refractivity contribution is 0.735. The number of halogens is 3. The average molecular weight is 359 g/mol. The van der Waals surface area contributed by atoms with Crippen molar-refractivity contribution in [2.45, 2.75) is 13.0 Å². The van der Waals surface area contributed by atoms with Gasteiger partial charge in [0.1, 0.15) is 5.82 Å². The van der Waals surface area contributed by atoms with Crippen molar-refractivity contribution in [2.24, 2.45) is 5.73 Å². The zero-order valence-corrected chi connectivity index (χ0v) is 14.3. The van der Waals surface area contributed by atoms with Crippen LogP contribution in [0.5, 0.6) is 0 Å². The van der Waals surface area contributed by atoms with Gasteiger partial charge >= 0.3 is 0 Å². The molecule has 0 saturated heterocycles. The third-order valence-electron chi connectivity index (χ3n) is 3.39. The summed E-state index contributed by atoms with van der Waals surface area (Å²) in [6.07, 6.45) is 0.763. The van der Waals surface area contributed by atoms with Crippen molar-refractivity contribution in [3.8, 4) is 0 Å². The van der Waals surface area contributed by atoms with Crippen LogP contribution in [0.3, 0.4) is 0 Å². The number of aromatic nitrogens is 2. The predicted octanol–water partition coefficient (Wildman–Crippen LogP) is 4.08. The molecule has 0 amide bonds. The standard InChI is InChI=1S/C16H16ClN3.2ClH/c17-13-6-2-1-5-12(13)11-20-15-8-4-3-7-14(15)19-16(20)9-10-18;;/h1-8H,9-11,18H2;2*1H. The molecule has 1 aromatic heterocycles. The molecule has 0 aliphatic heterocycles. The van der Waals surface area contributed by atoms with Crippen LogP contribution < -0.4 is 5.73 Å². The number of benzene rings is 2. The van der Waals surface area contributed by atoms with Crippen LogP contribution in [0.2, 0.25) is 5.02 Å². The summed E-state index contributed by atoms with van der Waals surface area (Å²) in [5, 5.41) is 0.781. The fraction of sp³-hybridized carbons (Fsp3) is 0.188. The maximum absolute atomic E-state index is 6.26. The first-order chi connectivity index (χ1) is 9.79. The maximum Gasteiger partial charge on any atom is 0.111 e. The first-order valence-electron chi connectivity index (χ1n) is 6.67. The van der Waals surface area contributed by atoms with Crippen molar-refractivity contribution < 1.29 is 0 Å². The number of imidazole rings is 1. The van der Waals surface area contributed by atoms with E-state index in [1.807, 2.05) is 42.5 Å². The minimum Gasteiger partial charge on any atom is -0.330 e. The van der Waals surface area contributed by atoms with Crippen LogP contribution >= 0.6 is 36.4 Å². The van der Waals surface area contributed by atoms with E-state index in [4.69, 9.17) is 17.3 Å². The summed E-state index contributed by atoms with van der Waals surface area (Å²) in [6.45, 7) is 1.31. The third-order valence-corrected chi connectivity index (χ3v) is 3.76. The van der Waals surface area contributed by atoms with E-state index in [0.29, 0.717) is 6.54 Å². The lowest BCUT2D eigenvalue weighted by Crippen LogP contribution is -2.11. The number of hydrogen-bond donors (Lipinski definition) is 1. The molecule has 22 heavy (non-hydrogen) atoms. The first-order valence-corrected chi connectivity index (χ1v) is 7.05. The second-order valence-electron chi connectivity index (χ2n) is 4.73. The molecule has 3 aromatic rings. The van der Waals surface area contributed by atoms with Gasteiger partial charge in [-0.1, -0.05) is 41.9 Å². The van der Waals surface area contributed by atoms with Crippen molar-refractivity contribution in [1.82, 2.24) is 9.55 Å². The second kappa shape index (κ2) is 8.39. The minimum atomic E-state index is 0. The molecule has 2 aromatic carbocycles. The molecule has 0 aliphatic carbocycles. The first kappa shape index (κ1) is 18.8. The average Bonchev–Trinajstić information content (AvgIpc) is 2.80. The maximum atomic E-state index is 6.26. The SMILES string of the molecule is Cl.Cl.NCCc1nc2ccccc2n1Cc1ccccc1Cl. The Bertz CT molecular complexity index is 740. The van der Waals surface area contributed by atoms with E-state index in [0.717, 1.165) is 40.4 Å². The lowest BCUT2D eigenvalue weighted by Gasteiger charge is -2.10. The van der Waals surface area contributed by atoms with Crippen LogP contribution in [0, 0.1) is 0 Å². The molecule has 2 N–H and O–H groups in total. The second-order valence-corrected chi connectivity index (χ2v) is 5.14. The van der Waals surface area contributed by atoms with E-state index in [1.165, 1.54) is 0 Å². The highest BCUT2D eigenvalue weighted by Crippen LogP contribution is 2.21. The van der Waals surface area contributed by atoms with Crippen LogP contribution in [0.15, 0.2) is 48.5 Å². The fourth-order valence-corrected chi connectivity index (χ4v) is 2.61. The molecule has 0 unspecified atom stereocenters. The molecule has 0 aliphatic rings. The predicted molar refractivity (Wildman–Crippen MR) is 97.5 cm³/mol. The Balaban J connectivity index is 0.00000121. The Labute approximate surface area is 147 Å². The molecule has 118 valence electrons. The molecule has 0 bridgehead atoms. The molecule has 0 spiro atoms. The molecule has 6 heteroatoms. The van der Waals surface area contributed by atoms with Crippen LogP contribution in [0.25, 0.3) is 11.0 Å². The van der Waals surface area contributed by atoms with Gasteiger partial charge in [0.05, 0.1) is 17.6 Å². The summed E-state index contributed by atoms with van der Waals surface area (Å²) < 4.78 is 2.20. The van der Waals surface area contributed by atoms with Crippen molar-refractivity contribution in [3.63, 3.8) is 0 Å². The summed E-state index contributed by atoms with van der Waals surface area (Å²) >= 11 is 6.26. The van der Waals surface area contributed by atoms with Crippen molar-refractivity contribution >= 4 is 47.4 Å². The lowest BCUT2D eigenvalue weighted by atomic mass is 10.2. The zero-order valence-electron chi connectivity index (χ0n) is 11.9. The van der Waals surface area contributed by atoms with Crippen LogP contribution in [-0.2, 0) is 13.0 Å². The Morgan fingerprint density at radius 1 is 1.00 bits per heavy atom. The van der Waals surface area contributed by atoms with E-state index < -0.39 is 0 Å². The molecule has 0 fully saturated rings. The number of hydrogen-bond acceptors (Lipinski definition) is 2. The largest absolute Gasteiger partial charge is 0.330 e. The number of fused-ring (bicyclic) bond motifs is 1. The van der Waals surface area contributed by atoms with E-state index in [-0.39, 0.29) is 24.8 Å². The quantitative estimate of drug-likeness (QED) is 0.763. The van der Waals surface area contributed by atoms with Gasteiger partial charge in [0.25, 0.3) is 0 Å². The molecular weight excluding hydrogens is 341 g/mol. The van der Waals surface area contributed by atoms with Gasteiger partial charge in [-0.25, -0.2) is 4.98 Å². The van der Waals surface area contributed by atoms with Crippen LogP contribution in [0.4, 0.5) is 0 Å². The van der Waals surface area contributed by atoms with Crippen LogP contribution in [-0.4, -0.2) is 16.1 Å². The fourth-order valence-electron chi connectivity index (χ4n) is 2.42. The normalized spacial score (nSPS) is 10.1. The van der Waals surface area contributed by atoms with Crippen molar-refractivity contribution in [3.05, 3.63) is 64.9 Å². The monoisotopic (exact) mass is 357 g/mol. The Hall–Kier alpha value is -1.26. The van der Waals surface area contributed by atoms with Crippen molar-refractivity contribution in [1.29, 1.82) is 0 Å². The zero-order chi connectivity index (χ0) is 13.9. The smallest absolute Gasteiger partial charge is 0.111 e. The van der Waals surface area contributed by atoms with Crippen LogP contribution in [0.1, 0.15) is 11.4 Å². The highest BCUT2D eigenvalue weighted by Gasteiger charge is 2.11. The number of nitrogens with two attached hydrogens (primary N) is 1. The number of nitrogens with zero attached hydrogens (tertiary/aromatic N) is 2. The summed E-state index contributed by atoms with van der Waals surface area (Å²) in [6, 6.07) is 16.0. The van der Waals surface area contributed by atoms with Gasteiger partial charge in [0.2, 0.25) is 0 Å². The molecule has 3 nitrogen and oxygen atoms in total. The van der Waals surface area contributed by atoms with Gasteiger partial charge in [-0.05, 0) is 30.3 Å². The van der Waals surface area contributed by atoms with Gasteiger partial charge < -0.3 is 10.3 Å². The Morgan fingerprint density at radius 2 is 1.68 bits per heavy atom. The Morgan fingerprint density at radius 3 is 2.41 bits per heavy atom. The summed E-state index contributed by atoms with van der Waals surface area (Å²) in [4.78, 5) is 4.67. The van der Waals surface area contributed by atoms with Gasteiger partial charge in [0.15, 0.2) is 0 Å². The molecule has 0 atom stereocenters. The van der Waals surface area contributed by atoms with Gasteiger partial charge in [-0.15, -0.1) is 24.8 Å². The summed E-state index contributed by atoms with van der Waals surface area (Å²) in [5.74, 6) is 1.01. The summed E-state index contributed by atoms with van der Waals surface area (Å²) in [5.41, 5.74) is 8.91. The van der Waals surface area contributed by atoms with Gasteiger partial charge in [0, 0.05) is 11.4 Å². The van der Waals surface area contributed by atoms with Gasteiger partial charge in [-0.2, -0.15) is 0 Å². The van der Waals surface area contributed by atoms with E-state index in [2.05, 4.69) is 15.6 Å². The molecule has 0 radical (unpaired) electrons. The Kier molecular flexibility index (Phi) is 7.17. The number of rotatable bonds is 4. The highest BCUT2D eigenvalue weighted by atomic mass is 35.5. The minimum absolute atomic E-state index is 0. The molecule has 3 rings (SSSR count). The molecule has 0 saturated carbocycles. The number of para-hydroxylation sites is 2. The highest BCUT2D eigenvalue weighted by molar-refractivity contribution is 6.31. The topological polar surface area (TPSA) is 43.8 Å².